The van der Waals surface area contributed by atoms with Gasteiger partial charge in [0.15, 0.2) is 0 Å². The molecule has 0 aliphatic heterocycles. The standard InChI is InChI=1S/C16H21N3S/c17-15(9-20-8-11-3-1-2-4-18-11)19-7-14-10-5-12-13(6-10)16(12)14/h1-4,10,12-14,16H,5-9H2,(H2,17,19). The fourth-order valence-corrected chi connectivity index (χ4v) is 5.30. The Morgan fingerprint density at radius 2 is 2.20 bits per heavy atom. The smallest absolute Gasteiger partial charge is 0.104 e. The quantitative estimate of drug-likeness (QED) is 0.646. The molecule has 3 atom stereocenters. The summed E-state index contributed by atoms with van der Waals surface area (Å²) in [6.07, 6.45) is 4.82. The average Bonchev–Trinajstić information content (AvgIpc) is 2.86. The molecule has 3 unspecified atom stereocenters. The van der Waals surface area contributed by atoms with Crippen molar-refractivity contribution in [1.29, 1.82) is 0 Å². The number of hydrogen-bond donors (Lipinski definition) is 1. The van der Waals surface area contributed by atoms with Crippen molar-refractivity contribution < 1.29 is 0 Å². The zero-order chi connectivity index (χ0) is 13.5. The zero-order valence-corrected chi connectivity index (χ0v) is 12.4. The van der Waals surface area contributed by atoms with Gasteiger partial charge >= 0.3 is 0 Å². The Hall–Kier alpha value is -1.03. The van der Waals surface area contributed by atoms with Gasteiger partial charge in [-0.3, -0.25) is 9.98 Å². The molecule has 4 saturated carbocycles. The van der Waals surface area contributed by atoms with Gasteiger partial charge in [0.1, 0.15) is 5.84 Å². The summed E-state index contributed by atoms with van der Waals surface area (Å²) in [4.78, 5) is 8.96. The van der Waals surface area contributed by atoms with Crippen LogP contribution in [0.3, 0.4) is 0 Å². The molecule has 2 N–H and O–H groups in total. The molecule has 5 rings (SSSR count). The second-order valence-corrected chi connectivity index (χ2v) is 7.43. The van der Waals surface area contributed by atoms with E-state index >= 15 is 0 Å². The van der Waals surface area contributed by atoms with Crippen molar-refractivity contribution in [2.75, 3.05) is 12.3 Å². The van der Waals surface area contributed by atoms with Gasteiger partial charge in [-0.2, -0.15) is 0 Å². The first-order valence-corrected chi connectivity index (χ1v) is 8.75. The maximum Gasteiger partial charge on any atom is 0.104 e. The largest absolute Gasteiger partial charge is 0.387 e. The lowest BCUT2D eigenvalue weighted by molar-refractivity contribution is 0.424. The lowest BCUT2D eigenvalue weighted by atomic mass is 9.99. The molecule has 4 aliphatic rings. The summed E-state index contributed by atoms with van der Waals surface area (Å²) < 4.78 is 0. The first-order valence-electron chi connectivity index (χ1n) is 7.59. The van der Waals surface area contributed by atoms with Crippen molar-refractivity contribution in [3.05, 3.63) is 30.1 Å². The van der Waals surface area contributed by atoms with E-state index in [0.717, 1.165) is 59.2 Å². The average molecular weight is 287 g/mol. The van der Waals surface area contributed by atoms with Gasteiger partial charge in [-0.15, -0.1) is 11.8 Å². The highest BCUT2D eigenvalue weighted by atomic mass is 32.2. The van der Waals surface area contributed by atoms with E-state index in [-0.39, 0.29) is 0 Å². The molecule has 0 saturated heterocycles. The van der Waals surface area contributed by atoms with Crippen LogP contribution in [-0.2, 0) is 5.75 Å². The lowest BCUT2D eigenvalue weighted by Crippen LogP contribution is -2.18. The van der Waals surface area contributed by atoms with E-state index in [9.17, 15) is 0 Å². The number of aromatic nitrogens is 1. The van der Waals surface area contributed by atoms with Crippen LogP contribution < -0.4 is 5.73 Å². The van der Waals surface area contributed by atoms with Crippen molar-refractivity contribution in [1.82, 2.24) is 4.98 Å². The molecule has 0 aromatic carbocycles. The van der Waals surface area contributed by atoms with Crippen molar-refractivity contribution in [3.8, 4) is 0 Å². The Morgan fingerprint density at radius 3 is 2.85 bits per heavy atom. The lowest BCUT2D eigenvalue weighted by Gasteiger charge is -2.12. The Labute approximate surface area is 124 Å². The van der Waals surface area contributed by atoms with Crippen LogP contribution in [0, 0.1) is 29.6 Å². The molecule has 3 nitrogen and oxygen atoms in total. The molecular formula is C16H21N3S. The van der Waals surface area contributed by atoms with Gasteiger partial charge in [-0.05, 0) is 54.6 Å². The molecule has 1 aromatic heterocycles. The number of nitrogens with zero attached hydrogens (tertiary/aromatic N) is 2. The van der Waals surface area contributed by atoms with Gasteiger partial charge < -0.3 is 5.73 Å². The molecular weight excluding hydrogens is 266 g/mol. The van der Waals surface area contributed by atoms with Crippen molar-refractivity contribution in [3.63, 3.8) is 0 Å². The number of hydrogen-bond acceptors (Lipinski definition) is 3. The van der Waals surface area contributed by atoms with E-state index in [0.29, 0.717) is 0 Å². The third-order valence-electron chi connectivity index (χ3n) is 5.38. The highest BCUT2D eigenvalue weighted by Crippen LogP contribution is 2.73. The summed E-state index contributed by atoms with van der Waals surface area (Å²) in [7, 11) is 0. The van der Waals surface area contributed by atoms with Crippen molar-refractivity contribution >= 4 is 17.6 Å². The van der Waals surface area contributed by atoms with Crippen LogP contribution in [0.4, 0.5) is 0 Å². The molecule has 4 aliphatic carbocycles. The maximum absolute atomic E-state index is 6.04. The highest BCUT2D eigenvalue weighted by Gasteiger charge is 2.67. The minimum atomic E-state index is 0.812. The van der Waals surface area contributed by atoms with Gasteiger partial charge in [0.25, 0.3) is 0 Å². The first-order chi connectivity index (χ1) is 9.83. The zero-order valence-electron chi connectivity index (χ0n) is 11.6. The summed E-state index contributed by atoms with van der Waals surface area (Å²) in [6, 6.07) is 6.03. The van der Waals surface area contributed by atoms with E-state index in [1.807, 2.05) is 18.3 Å². The Kier molecular flexibility index (Phi) is 3.21. The molecule has 4 heteroatoms. The van der Waals surface area contributed by atoms with Crippen molar-refractivity contribution in [2.24, 2.45) is 40.3 Å². The SMILES string of the molecule is NC(CSCc1ccccn1)=NCC1C2CC3C(C2)C13. The number of nitrogens with two attached hydrogens (primary N) is 1. The minimum absolute atomic E-state index is 0.812. The first kappa shape index (κ1) is 12.7. The Balaban J connectivity index is 1.22. The van der Waals surface area contributed by atoms with Gasteiger partial charge in [0.05, 0.1) is 11.4 Å². The van der Waals surface area contributed by atoms with E-state index in [1.165, 1.54) is 12.8 Å². The summed E-state index contributed by atoms with van der Waals surface area (Å²) in [5, 5.41) is 0. The van der Waals surface area contributed by atoms with Crippen LogP contribution in [0.15, 0.2) is 29.4 Å². The molecule has 20 heavy (non-hydrogen) atoms. The second kappa shape index (κ2) is 5.06. The monoisotopic (exact) mass is 287 g/mol. The third-order valence-corrected chi connectivity index (χ3v) is 6.38. The van der Waals surface area contributed by atoms with E-state index < -0.39 is 0 Å². The molecule has 0 amide bonds. The van der Waals surface area contributed by atoms with Crippen LogP contribution >= 0.6 is 11.8 Å². The fourth-order valence-electron chi connectivity index (χ4n) is 4.52. The molecule has 1 heterocycles. The van der Waals surface area contributed by atoms with Crippen molar-refractivity contribution in [2.45, 2.75) is 18.6 Å². The predicted molar refractivity (Wildman–Crippen MR) is 83.6 cm³/mol. The Bertz CT molecular complexity index is 502. The van der Waals surface area contributed by atoms with Crippen LogP contribution in [0.25, 0.3) is 0 Å². The molecule has 0 radical (unpaired) electrons. The van der Waals surface area contributed by atoms with Gasteiger partial charge in [0, 0.05) is 18.5 Å². The number of thioether (sulfide) groups is 1. The molecule has 0 spiro atoms. The second-order valence-electron chi connectivity index (χ2n) is 6.45. The van der Waals surface area contributed by atoms with Crippen LogP contribution in [0.5, 0.6) is 0 Å². The predicted octanol–water partition coefficient (Wildman–Crippen LogP) is 2.57. The Morgan fingerprint density at radius 1 is 1.35 bits per heavy atom. The third kappa shape index (κ3) is 2.24. The van der Waals surface area contributed by atoms with Gasteiger partial charge in [-0.25, -0.2) is 0 Å². The molecule has 4 fully saturated rings. The van der Waals surface area contributed by atoms with E-state index in [1.54, 1.807) is 11.8 Å². The minimum Gasteiger partial charge on any atom is -0.387 e. The van der Waals surface area contributed by atoms with Gasteiger partial charge in [0.2, 0.25) is 0 Å². The summed E-state index contributed by atoms with van der Waals surface area (Å²) >= 11 is 1.80. The normalized spacial score (nSPS) is 37.4. The topological polar surface area (TPSA) is 51.3 Å². The molecule has 1 aromatic rings. The van der Waals surface area contributed by atoms with Gasteiger partial charge in [-0.1, -0.05) is 6.07 Å². The molecule has 4 bridgehead atoms. The highest BCUT2D eigenvalue weighted by molar-refractivity contribution is 7.99. The number of rotatable bonds is 6. The molecule has 106 valence electrons. The summed E-state index contributed by atoms with van der Waals surface area (Å²) in [5.41, 5.74) is 7.16. The number of pyridine rings is 1. The van der Waals surface area contributed by atoms with E-state index in [2.05, 4.69) is 16.0 Å². The summed E-state index contributed by atoms with van der Waals surface area (Å²) in [5.74, 6) is 7.59. The van der Waals surface area contributed by atoms with Crippen LogP contribution in [0.2, 0.25) is 0 Å². The fraction of sp³-hybridized carbons (Fsp3) is 0.625. The van der Waals surface area contributed by atoms with Crippen LogP contribution in [-0.4, -0.2) is 23.1 Å². The number of amidine groups is 1. The number of aliphatic imine (C=N–C) groups is 1. The van der Waals surface area contributed by atoms with Crippen LogP contribution in [0.1, 0.15) is 18.5 Å². The maximum atomic E-state index is 6.04. The van der Waals surface area contributed by atoms with E-state index in [4.69, 9.17) is 5.73 Å². The summed E-state index contributed by atoms with van der Waals surface area (Å²) in [6.45, 7) is 0.984.